The second-order valence-electron chi connectivity index (χ2n) is 8.42. The summed E-state index contributed by atoms with van der Waals surface area (Å²) in [6.45, 7) is 6.47. The molecule has 0 heterocycles. The first-order valence-corrected chi connectivity index (χ1v) is 14.0. The third-order valence-electron chi connectivity index (χ3n) is 5.67. The van der Waals surface area contributed by atoms with Crippen LogP contribution in [0.4, 0.5) is 5.69 Å². The van der Waals surface area contributed by atoms with Crippen LogP contribution in [0.5, 0.6) is 0 Å². The summed E-state index contributed by atoms with van der Waals surface area (Å²) in [5.41, 5.74) is 1.36. The monoisotopic (exact) mass is 561 g/mol. The van der Waals surface area contributed by atoms with Gasteiger partial charge in [0.15, 0.2) is 0 Å². The Labute approximate surface area is 222 Å². The number of nitrogens with one attached hydrogen (secondary N) is 1. The van der Waals surface area contributed by atoms with Crippen molar-refractivity contribution in [1.29, 1.82) is 0 Å². The standard InChI is InChI=1S/C24H30Cl3N3O4S/c1-6-16(3)28-24(32)17(4)29(13-19-20(26)8-7-9-21(19)27)23(31)14-30(35(5,33)34)22-11-10-18(25)12-15(22)2/h7-12,16-17H,6,13-14H2,1-5H3,(H,28,32). The van der Waals surface area contributed by atoms with Crippen LogP contribution in [0.1, 0.15) is 38.3 Å². The van der Waals surface area contributed by atoms with Gasteiger partial charge in [0, 0.05) is 33.2 Å². The van der Waals surface area contributed by atoms with Gasteiger partial charge in [-0.15, -0.1) is 0 Å². The van der Waals surface area contributed by atoms with Crippen LogP contribution < -0.4 is 9.62 Å². The number of carbonyl (C=O) groups is 2. The van der Waals surface area contributed by atoms with Crippen LogP contribution in [0.3, 0.4) is 0 Å². The normalized spacial score (nSPS) is 13.1. The summed E-state index contributed by atoms with van der Waals surface area (Å²) in [4.78, 5) is 27.8. The largest absolute Gasteiger partial charge is 0.352 e. The molecule has 0 aliphatic heterocycles. The SMILES string of the molecule is CCC(C)NC(=O)C(C)N(Cc1c(Cl)cccc1Cl)C(=O)CN(c1ccc(Cl)cc1C)S(C)(=O)=O. The molecule has 192 valence electrons. The molecule has 0 spiro atoms. The van der Waals surface area contributed by atoms with Crippen molar-refractivity contribution >= 4 is 62.3 Å². The van der Waals surface area contributed by atoms with Crippen molar-refractivity contribution in [3.63, 3.8) is 0 Å². The van der Waals surface area contributed by atoms with Gasteiger partial charge in [0.05, 0.1) is 11.9 Å². The fourth-order valence-electron chi connectivity index (χ4n) is 3.40. The van der Waals surface area contributed by atoms with Crippen molar-refractivity contribution in [2.45, 2.75) is 52.7 Å². The second kappa shape index (κ2) is 12.3. The Hall–Kier alpha value is -2.00. The fraction of sp³-hybridized carbons (Fsp3) is 0.417. The predicted octanol–water partition coefficient (Wildman–Crippen LogP) is 5.05. The minimum absolute atomic E-state index is 0.0797. The van der Waals surface area contributed by atoms with E-state index in [2.05, 4.69) is 5.32 Å². The Morgan fingerprint density at radius 1 is 1.06 bits per heavy atom. The van der Waals surface area contributed by atoms with Crippen LogP contribution in [-0.2, 0) is 26.2 Å². The maximum Gasteiger partial charge on any atom is 0.244 e. The van der Waals surface area contributed by atoms with Crippen molar-refractivity contribution in [2.24, 2.45) is 0 Å². The molecule has 2 rings (SSSR count). The van der Waals surface area contributed by atoms with Gasteiger partial charge in [-0.05, 0) is 63.1 Å². The lowest BCUT2D eigenvalue weighted by atomic mass is 10.1. The Morgan fingerprint density at radius 3 is 2.17 bits per heavy atom. The molecule has 0 saturated carbocycles. The Bertz CT molecular complexity index is 1170. The number of nitrogens with zero attached hydrogens (tertiary/aromatic N) is 2. The molecule has 0 aromatic heterocycles. The molecule has 7 nitrogen and oxygen atoms in total. The number of anilines is 1. The summed E-state index contributed by atoms with van der Waals surface area (Å²) in [5, 5.41) is 3.97. The number of benzene rings is 2. The van der Waals surface area contributed by atoms with Crippen LogP contribution in [0, 0.1) is 6.92 Å². The minimum Gasteiger partial charge on any atom is -0.352 e. The highest BCUT2D eigenvalue weighted by Gasteiger charge is 2.31. The van der Waals surface area contributed by atoms with E-state index in [-0.39, 0.29) is 18.5 Å². The van der Waals surface area contributed by atoms with Crippen LogP contribution >= 0.6 is 34.8 Å². The van der Waals surface area contributed by atoms with Gasteiger partial charge >= 0.3 is 0 Å². The van der Waals surface area contributed by atoms with E-state index in [0.29, 0.717) is 38.3 Å². The number of carbonyl (C=O) groups excluding carboxylic acids is 2. The molecule has 1 N–H and O–H groups in total. The Morgan fingerprint density at radius 2 is 1.66 bits per heavy atom. The van der Waals surface area contributed by atoms with E-state index < -0.39 is 28.5 Å². The van der Waals surface area contributed by atoms with E-state index >= 15 is 0 Å². The predicted molar refractivity (Wildman–Crippen MR) is 143 cm³/mol. The molecule has 0 bridgehead atoms. The van der Waals surface area contributed by atoms with E-state index in [1.54, 1.807) is 50.2 Å². The van der Waals surface area contributed by atoms with Gasteiger partial charge < -0.3 is 10.2 Å². The maximum atomic E-state index is 13.6. The third-order valence-corrected chi connectivity index (χ3v) is 7.73. The lowest BCUT2D eigenvalue weighted by Gasteiger charge is -2.32. The number of hydrogen-bond acceptors (Lipinski definition) is 4. The van der Waals surface area contributed by atoms with E-state index in [1.807, 2.05) is 13.8 Å². The maximum absolute atomic E-state index is 13.6. The van der Waals surface area contributed by atoms with Crippen LogP contribution in [0.2, 0.25) is 15.1 Å². The molecule has 0 aliphatic carbocycles. The summed E-state index contributed by atoms with van der Waals surface area (Å²) in [6.07, 6.45) is 1.73. The van der Waals surface area contributed by atoms with Gasteiger partial charge in [-0.1, -0.05) is 47.8 Å². The molecule has 2 aromatic rings. The zero-order valence-electron chi connectivity index (χ0n) is 20.3. The number of halogens is 3. The second-order valence-corrected chi connectivity index (χ2v) is 11.6. The number of aryl methyl sites for hydroxylation is 1. The first kappa shape index (κ1) is 29.2. The number of hydrogen-bond donors (Lipinski definition) is 1. The molecule has 35 heavy (non-hydrogen) atoms. The van der Waals surface area contributed by atoms with Crippen molar-refractivity contribution in [2.75, 3.05) is 17.1 Å². The highest BCUT2D eigenvalue weighted by Crippen LogP contribution is 2.28. The summed E-state index contributed by atoms with van der Waals surface area (Å²) < 4.78 is 26.4. The Balaban J connectivity index is 2.48. The first-order valence-electron chi connectivity index (χ1n) is 11.0. The molecular weight excluding hydrogens is 533 g/mol. The highest BCUT2D eigenvalue weighted by atomic mass is 35.5. The first-order chi connectivity index (χ1) is 16.3. The summed E-state index contributed by atoms with van der Waals surface area (Å²) in [5.74, 6) is -0.961. The zero-order chi connectivity index (χ0) is 26.5. The fourth-order valence-corrected chi connectivity index (χ4v) is 5.05. The van der Waals surface area contributed by atoms with Crippen molar-refractivity contribution < 1.29 is 18.0 Å². The lowest BCUT2D eigenvalue weighted by Crippen LogP contribution is -2.52. The smallest absolute Gasteiger partial charge is 0.244 e. The third kappa shape index (κ3) is 7.74. The lowest BCUT2D eigenvalue weighted by molar-refractivity contribution is -0.139. The van der Waals surface area contributed by atoms with Crippen LogP contribution in [0.25, 0.3) is 0 Å². The van der Waals surface area contributed by atoms with Crippen LogP contribution in [-0.4, -0.2) is 50.0 Å². The number of sulfonamides is 1. The van der Waals surface area contributed by atoms with Gasteiger partial charge in [-0.25, -0.2) is 8.42 Å². The molecular formula is C24H30Cl3N3O4S. The molecule has 2 amide bonds. The molecule has 0 saturated heterocycles. The average Bonchev–Trinajstić information content (AvgIpc) is 2.76. The molecule has 2 aromatic carbocycles. The van der Waals surface area contributed by atoms with E-state index in [0.717, 1.165) is 10.6 Å². The quantitative estimate of drug-likeness (QED) is 0.439. The summed E-state index contributed by atoms with van der Waals surface area (Å²) in [6, 6.07) is 8.63. The van der Waals surface area contributed by atoms with Gasteiger partial charge in [0.25, 0.3) is 0 Å². The Kier molecular flexibility index (Phi) is 10.3. The number of amides is 2. The van der Waals surface area contributed by atoms with Crippen molar-refractivity contribution in [1.82, 2.24) is 10.2 Å². The number of rotatable bonds is 10. The van der Waals surface area contributed by atoms with E-state index in [4.69, 9.17) is 34.8 Å². The summed E-state index contributed by atoms with van der Waals surface area (Å²) in [7, 11) is -3.85. The van der Waals surface area contributed by atoms with Crippen molar-refractivity contribution in [3.8, 4) is 0 Å². The average molecular weight is 563 g/mol. The molecule has 0 radical (unpaired) electrons. The van der Waals surface area contributed by atoms with Gasteiger partial charge in [0.1, 0.15) is 12.6 Å². The molecule has 11 heteroatoms. The molecule has 2 atom stereocenters. The van der Waals surface area contributed by atoms with E-state index in [1.165, 1.54) is 4.90 Å². The van der Waals surface area contributed by atoms with Crippen LogP contribution in [0.15, 0.2) is 36.4 Å². The molecule has 0 aliphatic rings. The van der Waals surface area contributed by atoms with E-state index in [9.17, 15) is 18.0 Å². The van der Waals surface area contributed by atoms with Crippen molar-refractivity contribution in [3.05, 3.63) is 62.6 Å². The topological polar surface area (TPSA) is 86.8 Å². The highest BCUT2D eigenvalue weighted by molar-refractivity contribution is 7.92. The summed E-state index contributed by atoms with van der Waals surface area (Å²) >= 11 is 18.7. The molecule has 0 fully saturated rings. The van der Waals surface area contributed by atoms with Gasteiger partial charge in [-0.3, -0.25) is 13.9 Å². The zero-order valence-corrected chi connectivity index (χ0v) is 23.4. The molecule has 2 unspecified atom stereocenters. The van der Waals surface area contributed by atoms with Gasteiger partial charge in [0.2, 0.25) is 21.8 Å². The van der Waals surface area contributed by atoms with Gasteiger partial charge in [-0.2, -0.15) is 0 Å². The minimum atomic E-state index is -3.85.